The van der Waals surface area contributed by atoms with Gasteiger partial charge in [-0.15, -0.1) is 0 Å². The van der Waals surface area contributed by atoms with E-state index in [0.717, 1.165) is 12.8 Å². The van der Waals surface area contributed by atoms with Gasteiger partial charge in [0.25, 0.3) is 0 Å². The highest BCUT2D eigenvalue weighted by atomic mass is 16.5. The second-order valence-electron chi connectivity index (χ2n) is 3.08. The quantitative estimate of drug-likeness (QED) is 0.488. The average molecular weight is 178 g/mol. The molecule has 13 heavy (non-hydrogen) atoms. The van der Waals surface area contributed by atoms with Crippen LogP contribution in [0, 0.1) is 0 Å². The second-order valence-corrected chi connectivity index (χ2v) is 3.08. The number of esters is 1. The summed E-state index contributed by atoms with van der Waals surface area (Å²) in [5.41, 5.74) is 1.70. The molecule has 0 unspecified atom stereocenters. The monoisotopic (exact) mass is 178 g/mol. The van der Waals surface area contributed by atoms with Crippen molar-refractivity contribution in [2.75, 3.05) is 6.61 Å². The standard InChI is InChI=1S/C11H14O2/c1-9(2)11(12)13-8-7-10-5-3-4-6-10/h3,5-6H,1,4,7-8H2,2H3. The van der Waals surface area contributed by atoms with E-state index in [1.165, 1.54) is 5.57 Å². The highest BCUT2D eigenvalue weighted by Crippen LogP contribution is 2.12. The molecule has 0 aromatic heterocycles. The molecule has 0 aromatic rings. The minimum Gasteiger partial charge on any atom is -0.462 e. The molecule has 2 nitrogen and oxygen atoms in total. The van der Waals surface area contributed by atoms with Crippen LogP contribution in [0.2, 0.25) is 0 Å². The van der Waals surface area contributed by atoms with E-state index in [2.05, 4.69) is 24.8 Å². The number of ether oxygens (including phenoxy) is 1. The van der Waals surface area contributed by atoms with E-state index in [1.807, 2.05) is 0 Å². The third kappa shape index (κ3) is 3.28. The van der Waals surface area contributed by atoms with Crippen molar-refractivity contribution in [1.29, 1.82) is 0 Å². The zero-order valence-corrected chi connectivity index (χ0v) is 7.88. The Bertz CT molecular complexity index is 272. The molecule has 0 aliphatic heterocycles. The van der Waals surface area contributed by atoms with Crippen LogP contribution in [-0.4, -0.2) is 12.6 Å². The first-order chi connectivity index (χ1) is 6.20. The summed E-state index contributed by atoms with van der Waals surface area (Å²) in [5, 5.41) is 0. The molecular weight excluding hydrogens is 164 g/mol. The summed E-state index contributed by atoms with van der Waals surface area (Å²) in [6.45, 7) is 5.60. The molecule has 2 heteroatoms. The number of carbonyl (C=O) groups excluding carboxylic acids is 1. The smallest absolute Gasteiger partial charge is 0.333 e. The van der Waals surface area contributed by atoms with Gasteiger partial charge in [0, 0.05) is 12.0 Å². The van der Waals surface area contributed by atoms with Crippen molar-refractivity contribution in [3.8, 4) is 0 Å². The van der Waals surface area contributed by atoms with Crippen LogP contribution in [-0.2, 0) is 9.53 Å². The van der Waals surface area contributed by atoms with Crippen molar-refractivity contribution in [3.63, 3.8) is 0 Å². The van der Waals surface area contributed by atoms with Crippen LogP contribution in [0.3, 0.4) is 0 Å². The molecule has 1 aliphatic carbocycles. The van der Waals surface area contributed by atoms with Gasteiger partial charge in [-0.2, -0.15) is 0 Å². The molecule has 0 spiro atoms. The van der Waals surface area contributed by atoms with Gasteiger partial charge in [0.15, 0.2) is 0 Å². The lowest BCUT2D eigenvalue weighted by Crippen LogP contribution is -2.06. The fourth-order valence-corrected chi connectivity index (χ4v) is 1.08. The van der Waals surface area contributed by atoms with Gasteiger partial charge in [0.2, 0.25) is 0 Å². The van der Waals surface area contributed by atoms with Gasteiger partial charge < -0.3 is 4.74 Å². The van der Waals surface area contributed by atoms with Crippen molar-refractivity contribution >= 4 is 5.97 Å². The van der Waals surface area contributed by atoms with E-state index in [-0.39, 0.29) is 5.97 Å². The highest BCUT2D eigenvalue weighted by Gasteiger charge is 2.03. The number of allylic oxidation sites excluding steroid dienone is 3. The Hall–Kier alpha value is -1.31. The van der Waals surface area contributed by atoms with Crippen LogP contribution >= 0.6 is 0 Å². The van der Waals surface area contributed by atoms with Crippen molar-refractivity contribution in [3.05, 3.63) is 36.0 Å². The molecule has 1 aliphatic rings. The molecular formula is C11H14O2. The number of hydrogen-bond acceptors (Lipinski definition) is 2. The van der Waals surface area contributed by atoms with Crippen molar-refractivity contribution in [1.82, 2.24) is 0 Å². The summed E-state index contributed by atoms with van der Waals surface area (Å²) >= 11 is 0. The van der Waals surface area contributed by atoms with E-state index >= 15 is 0 Å². The largest absolute Gasteiger partial charge is 0.462 e. The predicted octanol–water partition coefficient (Wildman–Crippen LogP) is 2.38. The molecule has 0 fully saturated rings. The maximum Gasteiger partial charge on any atom is 0.333 e. The maximum atomic E-state index is 11.0. The molecule has 0 amide bonds. The van der Waals surface area contributed by atoms with Crippen molar-refractivity contribution in [2.24, 2.45) is 0 Å². The van der Waals surface area contributed by atoms with E-state index in [4.69, 9.17) is 4.74 Å². The number of hydrogen-bond donors (Lipinski definition) is 0. The van der Waals surface area contributed by atoms with Crippen molar-refractivity contribution < 1.29 is 9.53 Å². The normalized spacial score (nSPS) is 14.1. The highest BCUT2D eigenvalue weighted by molar-refractivity contribution is 5.86. The van der Waals surface area contributed by atoms with Crippen LogP contribution in [0.25, 0.3) is 0 Å². The molecule has 0 radical (unpaired) electrons. The molecule has 0 aromatic carbocycles. The first kappa shape index (κ1) is 9.78. The lowest BCUT2D eigenvalue weighted by atomic mass is 10.2. The summed E-state index contributed by atoms with van der Waals surface area (Å²) in [5.74, 6) is -0.303. The van der Waals surface area contributed by atoms with Gasteiger partial charge in [-0.1, -0.05) is 24.8 Å². The molecule has 0 N–H and O–H groups in total. The van der Waals surface area contributed by atoms with E-state index in [1.54, 1.807) is 6.92 Å². The summed E-state index contributed by atoms with van der Waals surface area (Å²) < 4.78 is 4.95. The van der Waals surface area contributed by atoms with Gasteiger partial charge in [0.1, 0.15) is 0 Å². The Balaban J connectivity index is 2.17. The third-order valence-electron chi connectivity index (χ3n) is 1.82. The van der Waals surface area contributed by atoms with Crippen LogP contribution < -0.4 is 0 Å². The third-order valence-corrected chi connectivity index (χ3v) is 1.82. The van der Waals surface area contributed by atoms with Crippen LogP contribution in [0.1, 0.15) is 19.8 Å². The Morgan fingerprint density at radius 1 is 1.69 bits per heavy atom. The first-order valence-electron chi connectivity index (χ1n) is 4.38. The predicted molar refractivity (Wildman–Crippen MR) is 52.2 cm³/mol. The molecule has 0 saturated carbocycles. The molecule has 70 valence electrons. The summed E-state index contributed by atoms with van der Waals surface area (Å²) in [6.07, 6.45) is 8.10. The SMILES string of the molecule is C=C(C)C(=O)OCCC1=CCC=C1. The number of carbonyl (C=O) groups is 1. The van der Waals surface area contributed by atoms with Gasteiger partial charge >= 0.3 is 5.97 Å². The van der Waals surface area contributed by atoms with E-state index < -0.39 is 0 Å². The van der Waals surface area contributed by atoms with Gasteiger partial charge in [0.05, 0.1) is 6.61 Å². The van der Waals surface area contributed by atoms with Crippen LogP contribution in [0.5, 0.6) is 0 Å². The Morgan fingerprint density at radius 3 is 3.00 bits per heavy atom. The molecule has 0 bridgehead atoms. The lowest BCUT2D eigenvalue weighted by molar-refractivity contribution is -0.138. The molecule has 0 saturated heterocycles. The van der Waals surface area contributed by atoms with Gasteiger partial charge in [-0.25, -0.2) is 4.79 Å². The topological polar surface area (TPSA) is 26.3 Å². The maximum absolute atomic E-state index is 11.0. The van der Waals surface area contributed by atoms with Gasteiger partial charge in [-0.3, -0.25) is 0 Å². The van der Waals surface area contributed by atoms with E-state index in [9.17, 15) is 4.79 Å². The van der Waals surface area contributed by atoms with E-state index in [0.29, 0.717) is 12.2 Å². The fraction of sp³-hybridized carbons (Fsp3) is 0.364. The molecule has 1 rings (SSSR count). The van der Waals surface area contributed by atoms with Crippen molar-refractivity contribution in [2.45, 2.75) is 19.8 Å². The minimum absolute atomic E-state index is 0.303. The average Bonchev–Trinajstić information content (AvgIpc) is 2.56. The lowest BCUT2D eigenvalue weighted by Gasteiger charge is -2.03. The molecule has 0 atom stereocenters. The summed E-state index contributed by atoms with van der Waals surface area (Å²) in [6, 6.07) is 0. The molecule has 0 heterocycles. The Kier molecular flexibility index (Phi) is 3.50. The van der Waals surface area contributed by atoms with Gasteiger partial charge in [-0.05, 0) is 18.9 Å². The first-order valence-corrected chi connectivity index (χ1v) is 4.38. The van der Waals surface area contributed by atoms with Crippen LogP contribution in [0.4, 0.5) is 0 Å². The fourth-order valence-electron chi connectivity index (χ4n) is 1.08. The minimum atomic E-state index is -0.303. The Morgan fingerprint density at radius 2 is 2.46 bits per heavy atom. The summed E-state index contributed by atoms with van der Waals surface area (Å²) in [4.78, 5) is 11.0. The number of rotatable bonds is 4. The van der Waals surface area contributed by atoms with Crippen LogP contribution in [0.15, 0.2) is 36.0 Å². The second kappa shape index (κ2) is 4.65. The Labute approximate surface area is 78.6 Å². The zero-order chi connectivity index (χ0) is 9.68. The zero-order valence-electron chi connectivity index (χ0n) is 7.88. The summed E-state index contributed by atoms with van der Waals surface area (Å²) in [7, 11) is 0.